The van der Waals surface area contributed by atoms with Gasteiger partial charge in [-0.15, -0.1) is 0 Å². The lowest BCUT2D eigenvalue weighted by Crippen LogP contribution is -2.30. The Morgan fingerprint density at radius 1 is 1.12 bits per heavy atom. The van der Waals surface area contributed by atoms with Crippen LogP contribution in [0.4, 0.5) is 0 Å². The van der Waals surface area contributed by atoms with Gasteiger partial charge in [-0.2, -0.15) is 5.10 Å². The number of hydrogen-bond acceptors (Lipinski definition) is 2. The molecule has 1 aromatic heterocycles. The Morgan fingerprint density at radius 2 is 1.88 bits per heavy atom. The van der Waals surface area contributed by atoms with Crippen LogP contribution >= 0.6 is 0 Å². The number of nitrogens with one attached hydrogen (secondary N) is 1. The van der Waals surface area contributed by atoms with E-state index >= 15 is 0 Å². The van der Waals surface area contributed by atoms with E-state index in [-0.39, 0.29) is 11.9 Å². The second-order valence-corrected chi connectivity index (χ2v) is 7.00. The van der Waals surface area contributed by atoms with Crippen LogP contribution in [-0.2, 0) is 6.42 Å². The van der Waals surface area contributed by atoms with Crippen molar-refractivity contribution in [2.45, 2.75) is 39.2 Å². The molecule has 1 atom stereocenters. The fraction of sp³-hybridized carbons (Fsp3) is 0.273. The number of carbonyl (C=O) groups is 1. The summed E-state index contributed by atoms with van der Waals surface area (Å²) in [5, 5.41) is 7.69. The summed E-state index contributed by atoms with van der Waals surface area (Å²) in [6.45, 7) is 4.01. The Labute approximate surface area is 153 Å². The zero-order valence-corrected chi connectivity index (χ0v) is 15.2. The SMILES string of the molecule is Cc1cc(C)n(-c2ccc(C(=O)N[C@@H]3CCCc4ccccc43)cc2)n1. The van der Waals surface area contributed by atoms with Crippen molar-refractivity contribution < 1.29 is 4.79 Å². The molecule has 1 amide bonds. The minimum Gasteiger partial charge on any atom is -0.345 e. The second kappa shape index (κ2) is 6.79. The highest BCUT2D eigenvalue weighted by molar-refractivity contribution is 5.94. The van der Waals surface area contributed by atoms with Gasteiger partial charge in [0.1, 0.15) is 0 Å². The van der Waals surface area contributed by atoms with Crippen molar-refractivity contribution in [3.63, 3.8) is 0 Å². The summed E-state index contributed by atoms with van der Waals surface area (Å²) in [6, 6.07) is 18.2. The lowest BCUT2D eigenvalue weighted by Gasteiger charge is -2.26. The van der Waals surface area contributed by atoms with Crippen LogP contribution in [0.1, 0.15) is 51.8 Å². The van der Waals surface area contributed by atoms with E-state index in [1.165, 1.54) is 11.1 Å². The number of carbonyl (C=O) groups excluding carboxylic acids is 1. The van der Waals surface area contributed by atoms with Gasteiger partial charge in [-0.25, -0.2) is 4.68 Å². The standard InChI is InChI=1S/C22H23N3O/c1-15-14-16(2)25(24-15)19-12-10-18(11-13-19)22(26)23-21-9-5-7-17-6-3-4-8-20(17)21/h3-4,6,8,10-14,21H,5,7,9H2,1-2H3,(H,23,26)/t21-/m1/s1. The number of nitrogens with zero attached hydrogens (tertiary/aromatic N) is 2. The summed E-state index contributed by atoms with van der Waals surface area (Å²) in [5.41, 5.74) is 6.32. The smallest absolute Gasteiger partial charge is 0.251 e. The van der Waals surface area contributed by atoms with Crippen LogP contribution in [0, 0.1) is 13.8 Å². The molecule has 0 radical (unpaired) electrons. The van der Waals surface area contributed by atoms with Crippen molar-refractivity contribution in [1.29, 1.82) is 0 Å². The molecule has 1 heterocycles. The van der Waals surface area contributed by atoms with E-state index in [1.807, 2.05) is 54.9 Å². The van der Waals surface area contributed by atoms with E-state index in [1.54, 1.807) is 0 Å². The first-order valence-corrected chi connectivity index (χ1v) is 9.14. The third-order valence-corrected chi connectivity index (χ3v) is 5.06. The Kier molecular flexibility index (Phi) is 4.33. The molecule has 0 spiro atoms. The molecule has 0 bridgehead atoms. The molecule has 3 aromatic rings. The van der Waals surface area contributed by atoms with Gasteiger partial charge in [0.15, 0.2) is 0 Å². The maximum Gasteiger partial charge on any atom is 0.251 e. The van der Waals surface area contributed by atoms with Gasteiger partial charge in [-0.1, -0.05) is 24.3 Å². The van der Waals surface area contributed by atoms with E-state index < -0.39 is 0 Å². The zero-order valence-electron chi connectivity index (χ0n) is 15.2. The maximum atomic E-state index is 12.7. The normalized spacial score (nSPS) is 16.2. The van der Waals surface area contributed by atoms with Gasteiger partial charge in [0.05, 0.1) is 17.4 Å². The summed E-state index contributed by atoms with van der Waals surface area (Å²) in [7, 11) is 0. The largest absolute Gasteiger partial charge is 0.345 e. The third-order valence-electron chi connectivity index (χ3n) is 5.06. The van der Waals surface area contributed by atoms with E-state index in [9.17, 15) is 4.79 Å². The molecule has 0 saturated heterocycles. The molecule has 0 saturated carbocycles. The molecule has 4 heteroatoms. The molecule has 26 heavy (non-hydrogen) atoms. The lowest BCUT2D eigenvalue weighted by molar-refractivity contribution is 0.0933. The number of aromatic nitrogens is 2. The number of benzene rings is 2. The third kappa shape index (κ3) is 3.15. The Morgan fingerprint density at radius 3 is 2.62 bits per heavy atom. The first-order chi connectivity index (χ1) is 12.6. The number of fused-ring (bicyclic) bond motifs is 1. The molecule has 1 aliphatic carbocycles. The average molecular weight is 345 g/mol. The highest BCUT2D eigenvalue weighted by atomic mass is 16.1. The van der Waals surface area contributed by atoms with E-state index in [2.05, 4.69) is 28.6 Å². The van der Waals surface area contributed by atoms with Crippen LogP contribution in [0.5, 0.6) is 0 Å². The van der Waals surface area contributed by atoms with Crippen molar-refractivity contribution in [3.05, 3.63) is 82.7 Å². The fourth-order valence-electron chi connectivity index (χ4n) is 3.79. The molecular formula is C22H23N3O. The van der Waals surface area contributed by atoms with Crippen molar-refractivity contribution in [2.75, 3.05) is 0 Å². The van der Waals surface area contributed by atoms with Crippen LogP contribution in [-0.4, -0.2) is 15.7 Å². The molecule has 0 aliphatic heterocycles. The van der Waals surface area contributed by atoms with Gasteiger partial charge in [0, 0.05) is 11.3 Å². The van der Waals surface area contributed by atoms with Gasteiger partial charge in [0.25, 0.3) is 5.91 Å². The number of rotatable bonds is 3. The lowest BCUT2D eigenvalue weighted by atomic mass is 9.87. The summed E-state index contributed by atoms with van der Waals surface area (Å²) in [4.78, 5) is 12.7. The van der Waals surface area contributed by atoms with Crippen molar-refractivity contribution in [3.8, 4) is 5.69 Å². The molecular weight excluding hydrogens is 322 g/mol. The summed E-state index contributed by atoms with van der Waals surface area (Å²) >= 11 is 0. The molecule has 0 unspecified atom stereocenters. The highest BCUT2D eigenvalue weighted by Crippen LogP contribution is 2.29. The van der Waals surface area contributed by atoms with E-state index in [0.29, 0.717) is 5.56 Å². The Hall–Kier alpha value is -2.88. The van der Waals surface area contributed by atoms with E-state index in [0.717, 1.165) is 36.3 Å². The van der Waals surface area contributed by atoms with Crippen LogP contribution in [0.2, 0.25) is 0 Å². The fourth-order valence-corrected chi connectivity index (χ4v) is 3.79. The summed E-state index contributed by atoms with van der Waals surface area (Å²) < 4.78 is 1.90. The van der Waals surface area contributed by atoms with Crippen molar-refractivity contribution >= 4 is 5.91 Å². The Bertz CT molecular complexity index is 940. The molecule has 132 valence electrons. The molecule has 4 nitrogen and oxygen atoms in total. The molecule has 1 aliphatic rings. The highest BCUT2D eigenvalue weighted by Gasteiger charge is 2.21. The van der Waals surface area contributed by atoms with Gasteiger partial charge in [0.2, 0.25) is 0 Å². The zero-order chi connectivity index (χ0) is 18.1. The van der Waals surface area contributed by atoms with Gasteiger partial charge in [-0.3, -0.25) is 4.79 Å². The maximum absolute atomic E-state index is 12.7. The first kappa shape index (κ1) is 16.6. The van der Waals surface area contributed by atoms with Crippen LogP contribution in [0.3, 0.4) is 0 Å². The second-order valence-electron chi connectivity index (χ2n) is 7.00. The molecule has 0 fully saturated rings. The predicted octanol–water partition coefficient (Wildman–Crippen LogP) is 4.30. The van der Waals surface area contributed by atoms with Gasteiger partial charge >= 0.3 is 0 Å². The number of hydrogen-bond donors (Lipinski definition) is 1. The number of amides is 1. The monoisotopic (exact) mass is 345 g/mol. The molecule has 1 N–H and O–H groups in total. The average Bonchev–Trinajstić information content (AvgIpc) is 3.00. The number of aryl methyl sites for hydroxylation is 3. The van der Waals surface area contributed by atoms with Crippen molar-refractivity contribution in [2.24, 2.45) is 0 Å². The summed E-state index contributed by atoms with van der Waals surface area (Å²) in [6.07, 6.45) is 3.20. The minimum absolute atomic E-state index is 0.0216. The quantitative estimate of drug-likeness (QED) is 0.769. The van der Waals surface area contributed by atoms with Crippen molar-refractivity contribution in [1.82, 2.24) is 15.1 Å². The van der Waals surface area contributed by atoms with Crippen LogP contribution < -0.4 is 5.32 Å². The minimum atomic E-state index is -0.0216. The van der Waals surface area contributed by atoms with Gasteiger partial charge < -0.3 is 5.32 Å². The summed E-state index contributed by atoms with van der Waals surface area (Å²) in [5.74, 6) is -0.0216. The first-order valence-electron chi connectivity index (χ1n) is 9.14. The molecule has 4 rings (SSSR count). The van der Waals surface area contributed by atoms with Gasteiger partial charge in [-0.05, 0) is 74.6 Å². The van der Waals surface area contributed by atoms with Crippen LogP contribution in [0.25, 0.3) is 5.69 Å². The topological polar surface area (TPSA) is 46.9 Å². The van der Waals surface area contributed by atoms with Crippen LogP contribution in [0.15, 0.2) is 54.6 Å². The molecule has 2 aromatic carbocycles. The Balaban J connectivity index is 1.52. The van der Waals surface area contributed by atoms with E-state index in [4.69, 9.17) is 0 Å². The predicted molar refractivity (Wildman–Crippen MR) is 103 cm³/mol.